The van der Waals surface area contributed by atoms with Gasteiger partial charge in [-0.25, -0.2) is 14.8 Å². The van der Waals surface area contributed by atoms with Gasteiger partial charge in [0.2, 0.25) is 0 Å². The molecule has 1 aromatic carbocycles. The number of rotatable bonds is 10. The minimum Gasteiger partial charge on any atom is -0.490 e. The molecule has 1 unspecified atom stereocenters. The first-order valence-corrected chi connectivity index (χ1v) is 8.93. The second-order valence-electron chi connectivity index (χ2n) is 5.97. The van der Waals surface area contributed by atoms with Crippen LogP contribution in [0.3, 0.4) is 0 Å². The van der Waals surface area contributed by atoms with Gasteiger partial charge < -0.3 is 14.2 Å². The molecule has 0 aliphatic rings. The molecule has 0 aliphatic carbocycles. The highest BCUT2D eigenvalue weighted by atomic mass is 16.6. The van der Waals surface area contributed by atoms with Gasteiger partial charge in [-0.05, 0) is 37.6 Å². The Labute approximate surface area is 154 Å². The maximum absolute atomic E-state index is 11.7. The zero-order valence-corrected chi connectivity index (χ0v) is 15.6. The molecule has 26 heavy (non-hydrogen) atoms. The monoisotopic (exact) mass is 358 g/mol. The minimum atomic E-state index is -0.604. The second kappa shape index (κ2) is 10.5. The smallest absolute Gasteiger partial charge is 0.340 e. The van der Waals surface area contributed by atoms with Crippen molar-refractivity contribution in [3.05, 3.63) is 36.7 Å². The van der Waals surface area contributed by atoms with Gasteiger partial charge in [-0.15, -0.1) is 0 Å². The van der Waals surface area contributed by atoms with Gasteiger partial charge in [0.05, 0.1) is 19.0 Å². The van der Waals surface area contributed by atoms with Crippen LogP contribution in [0, 0.1) is 0 Å². The highest BCUT2D eigenvalue weighted by Gasteiger charge is 2.14. The van der Waals surface area contributed by atoms with Gasteiger partial charge in [0.25, 0.3) is 0 Å². The van der Waals surface area contributed by atoms with E-state index in [0.717, 1.165) is 12.0 Å². The highest BCUT2D eigenvalue weighted by Crippen LogP contribution is 2.21. The van der Waals surface area contributed by atoms with Crippen LogP contribution in [0.4, 0.5) is 0 Å². The topological polar surface area (TPSA) is 70.5 Å². The Kier molecular flexibility index (Phi) is 8.02. The minimum absolute atomic E-state index is 0.433. The normalized spacial score (nSPS) is 11.8. The Bertz CT molecular complexity index is 671. The van der Waals surface area contributed by atoms with Crippen molar-refractivity contribution in [3.8, 4) is 22.9 Å². The van der Waals surface area contributed by atoms with Crippen molar-refractivity contribution in [2.45, 2.75) is 45.6 Å². The molecule has 0 saturated carbocycles. The number of esters is 1. The molecule has 0 spiro atoms. The average molecular weight is 358 g/mol. The van der Waals surface area contributed by atoms with E-state index in [2.05, 4.69) is 16.9 Å². The number of carbonyl (C=O) groups excluding carboxylic acids is 1. The molecule has 0 bridgehead atoms. The molecule has 1 aromatic heterocycles. The van der Waals surface area contributed by atoms with Crippen molar-refractivity contribution in [2.24, 2.45) is 0 Å². The fraction of sp³-hybridized carbons (Fsp3) is 0.450. The number of methoxy groups -OCH3 is 1. The third-order valence-electron chi connectivity index (χ3n) is 3.91. The van der Waals surface area contributed by atoms with Crippen molar-refractivity contribution in [1.82, 2.24) is 9.97 Å². The molecular formula is C20H26N2O4. The van der Waals surface area contributed by atoms with E-state index in [4.69, 9.17) is 14.2 Å². The third kappa shape index (κ3) is 6.11. The van der Waals surface area contributed by atoms with Crippen molar-refractivity contribution < 1.29 is 19.0 Å². The van der Waals surface area contributed by atoms with Crippen LogP contribution in [-0.2, 0) is 9.53 Å². The lowest BCUT2D eigenvalue weighted by Gasteiger charge is -2.09. The van der Waals surface area contributed by atoms with Gasteiger partial charge in [-0.3, -0.25) is 0 Å². The van der Waals surface area contributed by atoms with Gasteiger partial charge in [-0.2, -0.15) is 0 Å². The first kappa shape index (κ1) is 19.8. The molecule has 0 N–H and O–H groups in total. The molecule has 6 heteroatoms. The lowest BCUT2D eigenvalue weighted by atomic mass is 10.2. The van der Waals surface area contributed by atoms with Crippen molar-refractivity contribution in [3.63, 3.8) is 0 Å². The largest absolute Gasteiger partial charge is 0.490 e. The van der Waals surface area contributed by atoms with Crippen LogP contribution in [0.25, 0.3) is 11.4 Å². The predicted octanol–water partition coefficient (Wildman–Crippen LogP) is 4.04. The van der Waals surface area contributed by atoms with E-state index in [-0.39, 0.29) is 0 Å². The maximum Gasteiger partial charge on any atom is 0.340 e. The predicted molar refractivity (Wildman–Crippen MR) is 99.2 cm³/mol. The molecule has 0 aliphatic heterocycles. The van der Waals surface area contributed by atoms with Crippen molar-refractivity contribution >= 4 is 5.97 Å². The Hall–Kier alpha value is -2.47. The number of hydrogen-bond acceptors (Lipinski definition) is 6. The quantitative estimate of drug-likeness (QED) is 0.363. The number of benzene rings is 1. The van der Waals surface area contributed by atoms with Crippen molar-refractivity contribution in [2.75, 3.05) is 13.7 Å². The van der Waals surface area contributed by atoms with E-state index >= 15 is 0 Å². The number of nitrogens with zero attached hydrogens (tertiary/aromatic N) is 2. The van der Waals surface area contributed by atoms with E-state index < -0.39 is 12.1 Å². The fourth-order valence-electron chi connectivity index (χ4n) is 2.23. The number of hydrogen-bond donors (Lipinski definition) is 0. The number of carbonyl (C=O) groups is 1. The summed E-state index contributed by atoms with van der Waals surface area (Å²) in [7, 11) is 1.46. The summed E-state index contributed by atoms with van der Waals surface area (Å²) in [4.78, 5) is 20.4. The Balaban J connectivity index is 1.89. The van der Waals surface area contributed by atoms with E-state index in [1.807, 2.05) is 0 Å². The maximum atomic E-state index is 11.7. The van der Waals surface area contributed by atoms with Gasteiger partial charge in [0.1, 0.15) is 5.75 Å². The molecule has 1 heterocycles. The zero-order valence-electron chi connectivity index (χ0n) is 15.6. The van der Waals surface area contributed by atoms with Crippen LogP contribution < -0.4 is 9.47 Å². The van der Waals surface area contributed by atoms with Crippen molar-refractivity contribution in [1.29, 1.82) is 0 Å². The SMILES string of the molecule is CCCCCCOc1cnc(-c2ccc(OC(=O)C(C)OC)cc2)nc1. The molecule has 0 fully saturated rings. The van der Waals surface area contributed by atoms with Gasteiger partial charge >= 0.3 is 5.97 Å². The third-order valence-corrected chi connectivity index (χ3v) is 3.91. The number of aromatic nitrogens is 2. The molecule has 0 radical (unpaired) electrons. The van der Waals surface area contributed by atoms with E-state index in [0.29, 0.717) is 23.9 Å². The van der Waals surface area contributed by atoms with Crippen LogP contribution in [0.15, 0.2) is 36.7 Å². The van der Waals surface area contributed by atoms with E-state index in [9.17, 15) is 4.79 Å². The number of ether oxygens (including phenoxy) is 3. The molecule has 0 saturated heterocycles. The molecule has 2 rings (SSSR count). The van der Waals surface area contributed by atoms with E-state index in [1.165, 1.54) is 26.4 Å². The van der Waals surface area contributed by atoms with Gasteiger partial charge in [0.15, 0.2) is 17.7 Å². The summed E-state index contributed by atoms with van der Waals surface area (Å²) in [6, 6.07) is 7.02. The lowest BCUT2D eigenvalue weighted by molar-refractivity contribution is -0.144. The molecule has 140 valence electrons. The summed E-state index contributed by atoms with van der Waals surface area (Å²) in [6.45, 7) is 4.50. The fourth-order valence-corrected chi connectivity index (χ4v) is 2.23. The van der Waals surface area contributed by atoms with Crippen LogP contribution in [-0.4, -0.2) is 35.8 Å². The van der Waals surface area contributed by atoms with Crippen LogP contribution >= 0.6 is 0 Å². The van der Waals surface area contributed by atoms with Crippen LogP contribution in [0.2, 0.25) is 0 Å². The lowest BCUT2D eigenvalue weighted by Crippen LogP contribution is -2.24. The Morgan fingerprint density at radius 2 is 1.73 bits per heavy atom. The first-order chi connectivity index (χ1) is 12.6. The number of unbranched alkanes of at least 4 members (excludes halogenated alkanes) is 3. The standard InChI is InChI=1S/C20H26N2O4/c1-4-5-6-7-12-25-18-13-21-19(22-14-18)16-8-10-17(11-9-16)26-20(23)15(2)24-3/h8-11,13-15H,4-7,12H2,1-3H3. The van der Waals surface area contributed by atoms with Crippen LogP contribution in [0.5, 0.6) is 11.5 Å². The zero-order chi connectivity index (χ0) is 18.8. The average Bonchev–Trinajstić information content (AvgIpc) is 2.68. The Morgan fingerprint density at radius 1 is 1.04 bits per heavy atom. The summed E-state index contributed by atoms with van der Waals surface area (Å²) in [5.41, 5.74) is 0.832. The van der Waals surface area contributed by atoms with E-state index in [1.54, 1.807) is 43.6 Å². The van der Waals surface area contributed by atoms with Gasteiger partial charge in [0, 0.05) is 12.7 Å². The van der Waals surface area contributed by atoms with Crippen LogP contribution in [0.1, 0.15) is 39.5 Å². The molecular weight excluding hydrogens is 332 g/mol. The first-order valence-electron chi connectivity index (χ1n) is 8.93. The summed E-state index contributed by atoms with van der Waals surface area (Å²) in [5.74, 6) is 1.28. The molecule has 0 amide bonds. The molecule has 2 aromatic rings. The highest BCUT2D eigenvalue weighted by molar-refractivity contribution is 5.77. The summed E-state index contributed by atoms with van der Waals surface area (Å²) in [6.07, 6.45) is 7.41. The summed E-state index contributed by atoms with van der Waals surface area (Å²) < 4.78 is 15.8. The molecule has 6 nitrogen and oxygen atoms in total. The summed E-state index contributed by atoms with van der Waals surface area (Å²) >= 11 is 0. The van der Waals surface area contributed by atoms with Gasteiger partial charge in [-0.1, -0.05) is 26.2 Å². The molecule has 1 atom stereocenters. The second-order valence-corrected chi connectivity index (χ2v) is 5.97. The summed E-state index contributed by atoms with van der Waals surface area (Å²) in [5, 5.41) is 0. The Morgan fingerprint density at radius 3 is 2.35 bits per heavy atom.